The van der Waals surface area contributed by atoms with Gasteiger partial charge in [-0.15, -0.1) is 0 Å². The number of nitrogens with zero attached hydrogens (tertiary/aromatic N) is 1. The van der Waals surface area contributed by atoms with E-state index in [0.717, 1.165) is 31.2 Å². The lowest BCUT2D eigenvalue weighted by Gasteiger charge is -2.34. The largest absolute Gasteiger partial charge is 0.487 e. The molecular formula is C15H25N3O. The van der Waals surface area contributed by atoms with Gasteiger partial charge in [-0.3, -0.25) is 0 Å². The van der Waals surface area contributed by atoms with Gasteiger partial charge in [0.05, 0.1) is 6.10 Å². The van der Waals surface area contributed by atoms with E-state index in [-0.39, 0.29) is 6.10 Å². The molecule has 0 aromatic carbocycles. The fourth-order valence-corrected chi connectivity index (χ4v) is 2.44. The lowest BCUT2D eigenvalue weighted by molar-refractivity contribution is 0.240. The van der Waals surface area contributed by atoms with Gasteiger partial charge in [-0.05, 0) is 50.8 Å². The smallest absolute Gasteiger partial charge is 0.168 e. The fourth-order valence-electron chi connectivity index (χ4n) is 2.44. The maximum atomic E-state index is 5.78. The SMILES string of the molecule is CC(C)Oc1cccnc1NCC1(C)CCCNC1. The van der Waals surface area contributed by atoms with Gasteiger partial charge in [0.15, 0.2) is 11.6 Å². The Balaban J connectivity index is 1.98. The van der Waals surface area contributed by atoms with Crippen molar-refractivity contribution in [3.8, 4) is 5.75 Å². The first-order valence-corrected chi connectivity index (χ1v) is 7.15. The van der Waals surface area contributed by atoms with E-state index in [1.165, 1.54) is 12.8 Å². The van der Waals surface area contributed by atoms with Gasteiger partial charge in [-0.1, -0.05) is 6.92 Å². The van der Waals surface area contributed by atoms with Crippen LogP contribution in [0.5, 0.6) is 5.75 Å². The molecule has 2 heterocycles. The molecule has 0 bridgehead atoms. The van der Waals surface area contributed by atoms with Crippen LogP contribution in [0.25, 0.3) is 0 Å². The summed E-state index contributed by atoms with van der Waals surface area (Å²) in [6.45, 7) is 9.50. The maximum absolute atomic E-state index is 5.78. The molecule has 1 fully saturated rings. The molecular weight excluding hydrogens is 238 g/mol. The van der Waals surface area contributed by atoms with Gasteiger partial charge in [0.2, 0.25) is 0 Å². The number of rotatable bonds is 5. The number of aromatic nitrogens is 1. The van der Waals surface area contributed by atoms with Crippen molar-refractivity contribution in [2.45, 2.75) is 39.7 Å². The van der Waals surface area contributed by atoms with Crippen molar-refractivity contribution < 1.29 is 4.74 Å². The zero-order valence-corrected chi connectivity index (χ0v) is 12.2. The minimum atomic E-state index is 0.164. The summed E-state index contributed by atoms with van der Waals surface area (Å²) >= 11 is 0. The minimum absolute atomic E-state index is 0.164. The number of hydrogen-bond acceptors (Lipinski definition) is 4. The molecule has 2 N–H and O–H groups in total. The number of anilines is 1. The van der Waals surface area contributed by atoms with Crippen molar-refractivity contribution in [1.82, 2.24) is 10.3 Å². The first kappa shape index (κ1) is 14.1. The minimum Gasteiger partial charge on any atom is -0.487 e. The van der Waals surface area contributed by atoms with Crippen LogP contribution in [0, 0.1) is 5.41 Å². The third kappa shape index (κ3) is 4.10. The van der Waals surface area contributed by atoms with E-state index >= 15 is 0 Å². The van der Waals surface area contributed by atoms with Crippen LogP contribution < -0.4 is 15.4 Å². The molecule has 1 unspecified atom stereocenters. The zero-order chi connectivity index (χ0) is 13.7. The monoisotopic (exact) mass is 263 g/mol. The van der Waals surface area contributed by atoms with Crippen LogP contribution in [0.4, 0.5) is 5.82 Å². The van der Waals surface area contributed by atoms with E-state index in [1.807, 2.05) is 26.0 Å². The maximum Gasteiger partial charge on any atom is 0.168 e. The molecule has 0 radical (unpaired) electrons. The molecule has 1 atom stereocenters. The Morgan fingerprint density at radius 1 is 1.53 bits per heavy atom. The Morgan fingerprint density at radius 2 is 2.37 bits per heavy atom. The molecule has 1 aliphatic rings. The van der Waals surface area contributed by atoms with E-state index in [1.54, 1.807) is 6.20 Å². The highest BCUT2D eigenvalue weighted by atomic mass is 16.5. The van der Waals surface area contributed by atoms with Gasteiger partial charge in [0.1, 0.15) is 0 Å². The highest BCUT2D eigenvalue weighted by molar-refractivity contribution is 5.49. The second kappa shape index (κ2) is 6.24. The van der Waals surface area contributed by atoms with Crippen LogP contribution in [-0.4, -0.2) is 30.7 Å². The standard InChI is InChI=1S/C15H25N3O/c1-12(2)19-13-6-4-9-17-14(13)18-11-15(3)7-5-8-16-10-15/h4,6,9,12,16H,5,7-8,10-11H2,1-3H3,(H,17,18). The lowest BCUT2D eigenvalue weighted by Crippen LogP contribution is -2.42. The predicted octanol–water partition coefficient (Wildman–Crippen LogP) is 2.67. The summed E-state index contributed by atoms with van der Waals surface area (Å²) in [4.78, 5) is 4.39. The number of nitrogens with one attached hydrogen (secondary N) is 2. The third-order valence-electron chi connectivity index (χ3n) is 3.50. The van der Waals surface area contributed by atoms with E-state index in [0.29, 0.717) is 5.41 Å². The van der Waals surface area contributed by atoms with Crippen molar-refractivity contribution in [2.75, 3.05) is 25.0 Å². The van der Waals surface area contributed by atoms with Crippen molar-refractivity contribution in [2.24, 2.45) is 5.41 Å². The second-order valence-corrected chi connectivity index (χ2v) is 5.96. The van der Waals surface area contributed by atoms with Gasteiger partial charge < -0.3 is 15.4 Å². The molecule has 2 rings (SSSR count). The average molecular weight is 263 g/mol. The average Bonchev–Trinajstić information content (AvgIpc) is 2.38. The number of pyridine rings is 1. The molecule has 1 aliphatic heterocycles. The molecule has 4 nitrogen and oxygen atoms in total. The van der Waals surface area contributed by atoms with Crippen LogP contribution in [-0.2, 0) is 0 Å². The summed E-state index contributed by atoms with van der Waals surface area (Å²) in [6.07, 6.45) is 4.46. The molecule has 0 spiro atoms. The summed E-state index contributed by atoms with van der Waals surface area (Å²) < 4.78 is 5.78. The Hall–Kier alpha value is -1.29. The van der Waals surface area contributed by atoms with Crippen molar-refractivity contribution >= 4 is 5.82 Å². The topological polar surface area (TPSA) is 46.2 Å². The third-order valence-corrected chi connectivity index (χ3v) is 3.50. The summed E-state index contributed by atoms with van der Waals surface area (Å²) in [5.41, 5.74) is 0.297. The van der Waals surface area contributed by atoms with Gasteiger partial charge in [-0.25, -0.2) is 4.98 Å². The zero-order valence-electron chi connectivity index (χ0n) is 12.2. The highest BCUT2D eigenvalue weighted by Crippen LogP contribution is 2.28. The summed E-state index contributed by atoms with van der Waals surface area (Å²) in [6, 6.07) is 3.88. The number of piperidine rings is 1. The summed E-state index contributed by atoms with van der Waals surface area (Å²) in [5.74, 6) is 1.69. The van der Waals surface area contributed by atoms with Crippen LogP contribution in [0.15, 0.2) is 18.3 Å². The van der Waals surface area contributed by atoms with Crippen LogP contribution in [0.2, 0.25) is 0 Å². The van der Waals surface area contributed by atoms with Crippen molar-refractivity contribution in [3.63, 3.8) is 0 Å². The van der Waals surface area contributed by atoms with E-state index in [4.69, 9.17) is 4.74 Å². The van der Waals surface area contributed by atoms with Crippen molar-refractivity contribution in [1.29, 1.82) is 0 Å². The van der Waals surface area contributed by atoms with E-state index < -0.39 is 0 Å². The second-order valence-electron chi connectivity index (χ2n) is 5.96. The van der Waals surface area contributed by atoms with Crippen LogP contribution >= 0.6 is 0 Å². The van der Waals surface area contributed by atoms with Crippen LogP contribution in [0.3, 0.4) is 0 Å². The Morgan fingerprint density at radius 3 is 3.05 bits per heavy atom. The number of ether oxygens (including phenoxy) is 1. The Bertz CT molecular complexity index is 400. The van der Waals surface area contributed by atoms with E-state index in [9.17, 15) is 0 Å². The molecule has 1 aromatic heterocycles. The lowest BCUT2D eigenvalue weighted by atomic mass is 9.83. The van der Waals surface area contributed by atoms with Crippen molar-refractivity contribution in [3.05, 3.63) is 18.3 Å². The molecule has 0 aliphatic carbocycles. The fraction of sp³-hybridized carbons (Fsp3) is 0.667. The Labute approximate surface area is 116 Å². The highest BCUT2D eigenvalue weighted by Gasteiger charge is 2.26. The molecule has 1 aromatic rings. The van der Waals surface area contributed by atoms with Gasteiger partial charge >= 0.3 is 0 Å². The molecule has 4 heteroatoms. The van der Waals surface area contributed by atoms with E-state index in [2.05, 4.69) is 22.5 Å². The van der Waals surface area contributed by atoms with Crippen LogP contribution in [0.1, 0.15) is 33.6 Å². The molecule has 106 valence electrons. The number of hydrogen-bond donors (Lipinski definition) is 2. The first-order chi connectivity index (χ1) is 9.09. The molecule has 1 saturated heterocycles. The molecule has 0 amide bonds. The molecule has 0 saturated carbocycles. The predicted molar refractivity (Wildman–Crippen MR) is 78.7 cm³/mol. The van der Waals surface area contributed by atoms with Gasteiger partial charge in [0, 0.05) is 19.3 Å². The normalized spacial score (nSPS) is 23.4. The quantitative estimate of drug-likeness (QED) is 0.857. The Kier molecular flexibility index (Phi) is 4.64. The van der Waals surface area contributed by atoms with Gasteiger partial charge in [0.25, 0.3) is 0 Å². The first-order valence-electron chi connectivity index (χ1n) is 7.15. The van der Waals surface area contributed by atoms with Gasteiger partial charge in [-0.2, -0.15) is 0 Å². The summed E-state index contributed by atoms with van der Waals surface area (Å²) in [5, 5.41) is 6.92. The molecule has 19 heavy (non-hydrogen) atoms. The summed E-state index contributed by atoms with van der Waals surface area (Å²) in [7, 11) is 0.